The van der Waals surface area contributed by atoms with Crippen LogP contribution in [0.25, 0.3) is 10.9 Å². The van der Waals surface area contributed by atoms with Gasteiger partial charge in [-0.05, 0) is 42.3 Å². The number of aryl methyl sites for hydroxylation is 1. The molecule has 0 N–H and O–H groups in total. The van der Waals surface area contributed by atoms with E-state index in [0.29, 0.717) is 11.1 Å². The van der Waals surface area contributed by atoms with Crippen LogP contribution in [-0.2, 0) is 23.8 Å². The molecule has 0 aliphatic rings. The van der Waals surface area contributed by atoms with E-state index < -0.39 is 11.7 Å². The number of hydrogen-bond donors (Lipinski definition) is 0. The highest BCUT2D eigenvalue weighted by atomic mass is 19.4. The molecule has 0 aliphatic carbocycles. The fourth-order valence-electron chi connectivity index (χ4n) is 2.69. The summed E-state index contributed by atoms with van der Waals surface area (Å²) >= 11 is 0. The molecule has 0 atom stereocenters. The maximum atomic E-state index is 12.6. The molecule has 0 bridgehead atoms. The van der Waals surface area contributed by atoms with Crippen LogP contribution in [0.4, 0.5) is 13.2 Å². The molecule has 2 aromatic carbocycles. The SMILES string of the molecule is Cc1cc2c(CC(=O)Cc3ccc(C(F)(F)F)cc3)cccc2nn1. The standard InChI is InChI=1S/C19H15F3N2O/c1-12-9-17-14(3-2-4-18(17)24-23-12)11-16(25)10-13-5-7-15(8-6-13)19(20,21)22/h2-9H,10-11H2,1H3. The number of aromatic nitrogens is 2. The molecule has 0 saturated carbocycles. The van der Waals surface area contributed by atoms with Crippen molar-refractivity contribution in [3.63, 3.8) is 0 Å². The first kappa shape index (κ1) is 17.1. The van der Waals surface area contributed by atoms with Gasteiger partial charge in [-0.25, -0.2) is 0 Å². The minimum atomic E-state index is -4.37. The minimum absolute atomic E-state index is 0.0678. The maximum absolute atomic E-state index is 12.6. The summed E-state index contributed by atoms with van der Waals surface area (Å²) in [7, 11) is 0. The van der Waals surface area contributed by atoms with E-state index in [2.05, 4.69) is 10.2 Å². The largest absolute Gasteiger partial charge is 0.416 e. The van der Waals surface area contributed by atoms with Gasteiger partial charge in [-0.15, -0.1) is 0 Å². The van der Waals surface area contributed by atoms with Crippen LogP contribution in [0.1, 0.15) is 22.4 Å². The Kier molecular flexibility index (Phi) is 4.53. The average molecular weight is 344 g/mol. The minimum Gasteiger partial charge on any atom is -0.299 e. The molecule has 1 heterocycles. The van der Waals surface area contributed by atoms with Crippen LogP contribution in [0.3, 0.4) is 0 Å². The van der Waals surface area contributed by atoms with Crippen LogP contribution < -0.4 is 0 Å². The van der Waals surface area contributed by atoms with Gasteiger partial charge in [-0.1, -0.05) is 24.3 Å². The molecule has 25 heavy (non-hydrogen) atoms. The van der Waals surface area contributed by atoms with Crippen molar-refractivity contribution in [1.29, 1.82) is 0 Å². The molecule has 1 aromatic heterocycles. The summed E-state index contributed by atoms with van der Waals surface area (Å²) in [6.45, 7) is 1.83. The van der Waals surface area contributed by atoms with E-state index in [1.54, 1.807) is 0 Å². The molecule has 0 spiro atoms. The van der Waals surface area contributed by atoms with Gasteiger partial charge in [-0.2, -0.15) is 23.4 Å². The van der Waals surface area contributed by atoms with E-state index in [1.165, 1.54) is 12.1 Å². The Morgan fingerprint density at radius 3 is 2.40 bits per heavy atom. The maximum Gasteiger partial charge on any atom is 0.416 e. The Bertz CT molecular complexity index is 918. The Balaban J connectivity index is 1.76. The average Bonchev–Trinajstić information content (AvgIpc) is 2.55. The molecule has 6 heteroatoms. The number of ketones is 1. The predicted octanol–water partition coefficient (Wildman–Crippen LogP) is 4.31. The van der Waals surface area contributed by atoms with Crippen molar-refractivity contribution in [3.8, 4) is 0 Å². The van der Waals surface area contributed by atoms with Gasteiger partial charge in [0.1, 0.15) is 5.78 Å². The molecule has 0 aliphatic heterocycles. The number of carbonyl (C=O) groups is 1. The van der Waals surface area contributed by atoms with Crippen LogP contribution >= 0.6 is 0 Å². The number of nitrogens with zero attached hydrogens (tertiary/aromatic N) is 2. The van der Waals surface area contributed by atoms with Gasteiger partial charge < -0.3 is 0 Å². The van der Waals surface area contributed by atoms with Crippen molar-refractivity contribution in [2.24, 2.45) is 0 Å². The summed E-state index contributed by atoms with van der Waals surface area (Å²) in [6.07, 6.45) is -4.08. The van der Waals surface area contributed by atoms with E-state index in [1.807, 2.05) is 31.2 Å². The number of rotatable bonds is 4. The van der Waals surface area contributed by atoms with E-state index in [0.717, 1.165) is 28.8 Å². The zero-order valence-corrected chi connectivity index (χ0v) is 13.5. The zero-order valence-electron chi connectivity index (χ0n) is 13.5. The van der Waals surface area contributed by atoms with Gasteiger partial charge in [0.25, 0.3) is 0 Å². The third kappa shape index (κ3) is 4.02. The highest BCUT2D eigenvalue weighted by Crippen LogP contribution is 2.29. The molecule has 0 unspecified atom stereocenters. The van der Waals surface area contributed by atoms with Crippen LogP contribution in [0.15, 0.2) is 48.5 Å². The van der Waals surface area contributed by atoms with Crippen molar-refractivity contribution in [3.05, 3.63) is 70.9 Å². The summed E-state index contributed by atoms with van der Waals surface area (Å²) in [5, 5.41) is 8.97. The first-order valence-corrected chi connectivity index (χ1v) is 7.73. The van der Waals surface area contributed by atoms with Crippen molar-refractivity contribution < 1.29 is 18.0 Å². The van der Waals surface area contributed by atoms with E-state index in [4.69, 9.17) is 0 Å². The lowest BCUT2D eigenvalue weighted by Gasteiger charge is -2.08. The smallest absolute Gasteiger partial charge is 0.299 e. The third-order valence-electron chi connectivity index (χ3n) is 3.91. The van der Waals surface area contributed by atoms with Gasteiger partial charge in [0, 0.05) is 18.2 Å². The van der Waals surface area contributed by atoms with Crippen LogP contribution in [0.5, 0.6) is 0 Å². The molecule has 0 saturated heterocycles. The van der Waals surface area contributed by atoms with E-state index in [9.17, 15) is 18.0 Å². The van der Waals surface area contributed by atoms with Crippen LogP contribution in [0.2, 0.25) is 0 Å². The fourth-order valence-corrected chi connectivity index (χ4v) is 2.69. The van der Waals surface area contributed by atoms with Crippen molar-refractivity contribution in [2.45, 2.75) is 25.9 Å². The molecular formula is C19H15F3N2O. The number of hydrogen-bond acceptors (Lipinski definition) is 3. The first-order valence-electron chi connectivity index (χ1n) is 7.73. The van der Waals surface area contributed by atoms with Gasteiger partial charge in [0.05, 0.1) is 16.8 Å². The second-order valence-electron chi connectivity index (χ2n) is 5.92. The molecule has 0 radical (unpaired) electrons. The third-order valence-corrected chi connectivity index (χ3v) is 3.91. The van der Waals surface area contributed by atoms with Gasteiger partial charge >= 0.3 is 6.18 Å². The molecule has 0 amide bonds. The lowest BCUT2D eigenvalue weighted by molar-refractivity contribution is -0.137. The molecule has 3 aromatic rings. The van der Waals surface area contributed by atoms with Crippen LogP contribution in [-0.4, -0.2) is 16.0 Å². The highest BCUT2D eigenvalue weighted by Gasteiger charge is 2.29. The lowest BCUT2D eigenvalue weighted by Crippen LogP contribution is -2.08. The number of fused-ring (bicyclic) bond motifs is 1. The summed E-state index contributed by atoms with van der Waals surface area (Å²) in [5.74, 6) is -0.0678. The number of carbonyl (C=O) groups excluding carboxylic acids is 1. The second kappa shape index (κ2) is 6.63. The van der Waals surface area contributed by atoms with E-state index >= 15 is 0 Å². The lowest BCUT2D eigenvalue weighted by atomic mass is 9.99. The van der Waals surface area contributed by atoms with Crippen molar-refractivity contribution >= 4 is 16.7 Å². The summed E-state index contributed by atoms with van der Waals surface area (Å²) in [5.41, 5.74) is 2.16. The number of benzene rings is 2. The topological polar surface area (TPSA) is 42.9 Å². The quantitative estimate of drug-likeness (QED) is 0.708. The second-order valence-corrected chi connectivity index (χ2v) is 5.92. The Morgan fingerprint density at radius 1 is 1.00 bits per heavy atom. The molecule has 0 fully saturated rings. The van der Waals surface area contributed by atoms with Crippen molar-refractivity contribution in [1.82, 2.24) is 10.2 Å². The fraction of sp³-hybridized carbons (Fsp3) is 0.211. The number of alkyl halides is 3. The zero-order chi connectivity index (χ0) is 18.0. The summed E-state index contributed by atoms with van der Waals surface area (Å²) in [4.78, 5) is 12.3. The Hall–Kier alpha value is -2.76. The predicted molar refractivity (Wildman–Crippen MR) is 88.1 cm³/mol. The number of halogens is 3. The van der Waals surface area contributed by atoms with E-state index in [-0.39, 0.29) is 18.6 Å². The molecule has 3 nitrogen and oxygen atoms in total. The van der Waals surface area contributed by atoms with Gasteiger partial charge in [0.15, 0.2) is 0 Å². The first-order chi connectivity index (χ1) is 11.8. The summed E-state index contributed by atoms with van der Waals surface area (Å²) < 4.78 is 37.7. The Morgan fingerprint density at radius 2 is 1.72 bits per heavy atom. The normalized spacial score (nSPS) is 11.7. The number of Topliss-reactive ketones (excluding diaryl/α,β-unsaturated/α-hetero) is 1. The van der Waals surface area contributed by atoms with Crippen LogP contribution in [0, 0.1) is 6.92 Å². The molecule has 128 valence electrons. The summed E-state index contributed by atoms with van der Waals surface area (Å²) in [6, 6.07) is 12.1. The van der Waals surface area contributed by atoms with Gasteiger partial charge in [-0.3, -0.25) is 4.79 Å². The molecule has 3 rings (SSSR count). The molecular weight excluding hydrogens is 329 g/mol. The Labute approximate surface area is 142 Å². The van der Waals surface area contributed by atoms with Gasteiger partial charge in [0.2, 0.25) is 0 Å². The monoisotopic (exact) mass is 344 g/mol. The van der Waals surface area contributed by atoms with Crippen molar-refractivity contribution in [2.75, 3.05) is 0 Å². The highest BCUT2D eigenvalue weighted by molar-refractivity contribution is 5.89.